The zero-order valence-corrected chi connectivity index (χ0v) is 19.7. The number of nitrogens with one attached hydrogen (secondary N) is 2. The first-order valence-corrected chi connectivity index (χ1v) is 11.7. The van der Waals surface area contributed by atoms with Crippen molar-refractivity contribution in [3.63, 3.8) is 0 Å². The number of anilines is 2. The molecule has 36 heavy (non-hydrogen) atoms. The van der Waals surface area contributed by atoms with Crippen LogP contribution in [0.4, 0.5) is 11.5 Å². The van der Waals surface area contributed by atoms with E-state index in [2.05, 4.69) is 20.6 Å². The highest BCUT2D eigenvalue weighted by molar-refractivity contribution is 6.06. The van der Waals surface area contributed by atoms with Gasteiger partial charge in [0.25, 0.3) is 5.91 Å². The summed E-state index contributed by atoms with van der Waals surface area (Å²) in [6.45, 7) is 1.81. The zero-order chi connectivity index (χ0) is 24.6. The van der Waals surface area contributed by atoms with Crippen molar-refractivity contribution in [3.8, 4) is 28.5 Å². The summed E-state index contributed by atoms with van der Waals surface area (Å²) in [7, 11) is 1.58. The van der Waals surface area contributed by atoms with E-state index in [1.54, 1.807) is 37.4 Å². The van der Waals surface area contributed by atoms with Crippen LogP contribution in [0.3, 0.4) is 0 Å². The van der Waals surface area contributed by atoms with E-state index in [0.717, 1.165) is 25.9 Å². The molecular formula is C25H25N7O4. The summed E-state index contributed by atoms with van der Waals surface area (Å²) >= 11 is 0. The number of aromatic nitrogens is 4. The summed E-state index contributed by atoms with van der Waals surface area (Å²) < 4.78 is 18.7. The Morgan fingerprint density at radius 3 is 2.78 bits per heavy atom. The van der Waals surface area contributed by atoms with Crippen molar-refractivity contribution in [2.45, 2.75) is 18.9 Å². The Morgan fingerprint density at radius 1 is 1.17 bits per heavy atom. The van der Waals surface area contributed by atoms with Crippen molar-refractivity contribution in [2.24, 2.45) is 0 Å². The molecule has 0 saturated carbocycles. The molecule has 11 heteroatoms. The van der Waals surface area contributed by atoms with E-state index in [1.807, 2.05) is 10.7 Å². The van der Waals surface area contributed by atoms with Crippen LogP contribution in [-0.2, 0) is 0 Å². The van der Waals surface area contributed by atoms with Gasteiger partial charge in [0.05, 0.1) is 24.2 Å². The Labute approximate surface area is 206 Å². The van der Waals surface area contributed by atoms with Gasteiger partial charge in [0.15, 0.2) is 17.1 Å². The van der Waals surface area contributed by atoms with Gasteiger partial charge >= 0.3 is 0 Å². The molecule has 1 atom stereocenters. The molecule has 1 fully saturated rings. The lowest BCUT2D eigenvalue weighted by Gasteiger charge is -2.23. The maximum atomic E-state index is 12.9. The maximum Gasteiger partial charge on any atom is 0.255 e. The first-order chi connectivity index (χ1) is 17.6. The second-order valence-electron chi connectivity index (χ2n) is 8.66. The minimum absolute atomic E-state index is 0.0227. The SMILES string of the molecule is COc1ccc(C(=O)Nc2ccc(-c3nn([C@@H]4CCCNC4)c4ncnc(N)c34)c3c2OCO3)cc1. The largest absolute Gasteiger partial charge is 0.497 e. The highest BCUT2D eigenvalue weighted by Gasteiger charge is 2.29. The number of hydrogen-bond donors (Lipinski definition) is 3. The van der Waals surface area contributed by atoms with Crippen LogP contribution in [0.1, 0.15) is 29.2 Å². The average molecular weight is 488 g/mol. The molecule has 0 aliphatic carbocycles. The van der Waals surface area contributed by atoms with E-state index >= 15 is 0 Å². The van der Waals surface area contributed by atoms with Crippen molar-refractivity contribution in [3.05, 3.63) is 48.3 Å². The van der Waals surface area contributed by atoms with Gasteiger partial charge in [-0.25, -0.2) is 14.6 Å². The lowest BCUT2D eigenvalue weighted by atomic mass is 10.1. The molecule has 1 amide bonds. The molecule has 2 aliphatic rings. The normalized spacial score (nSPS) is 16.8. The second kappa shape index (κ2) is 9.00. The first-order valence-electron chi connectivity index (χ1n) is 11.7. The van der Waals surface area contributed by atoms with Gasteiger partial charge in [0.1, 0.15) is 23.6 Å². The number of benzene rings is 2. The van der Waals surface area contributed by atoms with Crippen LogP contribution in [0, 0.1) is 0 Å². The molecule has 2 aliphatic heterocycles. The molecule has 0 unspecified atom stereocenters. The van der Waals surface area contributed by atoms with E-state index in [-0.39, 0.29) is 18.7 Å². The predicted molar refractivity (Wildman–Crippen MR) is 133 cm³/mol. The van der Waals surface area contributed by atoms with Gasteiger partial charge in [0, 0.05) is 17.7 Å². The molecule has 11 nitrogen and oxygen atoms in total. The number of nitrogens with zero attached hydrogens (tertiary/aromatic N) is 4. The van der Waals surface area contributed by atoms with Gasteiger partial charge in [-0.05, 0) is 55.8 Å². The highest BCUT2D eigenvalue weighted by Crippen LogP contribution is 2.48. The zero-order valence-electron chi connectivity index (χ0n) is 19.7. The van der Waals surface area contributed by atoms with Crippen LogP contribution >= 0.6 is 0 Å². The molecule has 184 valence electrons. The third-order valence-corrected chi connectivity index (χ3v) is 6.51. The van der Waals surface area contributed by atoms with Gasteiger partial charge in [-0.2, -0.15) is 5.10 Å². The van der Waals surface area contributed by atoms with E-state index < -0.39 is 0 Å². The lowest BCUT2D eigenvalue weighted by Crippen LogP contribution is -2.32. The highest BCUT2D eigenvalue weighted by atomic mass is 16.7. The Hall–Kier alpha value is -4.38. The monoisotopic (exact) mass is 487 g/mol. The Morgan fingerprint density at radius 2 is 2.00 bits per heavy atom. The van der Waals surface area contributed by atoms with Crippen molar-refractivity contribution < 1.29 is 19.0 Å². The number of piperidine rings is 1. The maximum absolute atomic E-state index is 12.9. The summed E-state index contributed by atoms with van der Waals surface area (Å²) in [6, 6.07) is 10.6. The van der Waals surface area contributed by atoms with Crippen molar-refractivity contribution in [2.75, 3.05) is 38.0 Å². The molecule has 4 heterocycles. The first kappa shape index (κ1) is 22.1. The van der Waals surface area contributed by atoms with Crippen LogP contribution in [0.15, 0.2) is 42.7 Å². The average Bonchev–Trinajstić information content (AvgIpc) is 3.56. The summed E-state index contributed by atoms with van der Waals surface area (Å²) in [6.07, 6.45) is 3.50. The summed E-state index contributed by atoms with van der Waals surface area (Å²) in [4.78, 5) is 21.6. The van der Waals surface area contributed by atoms with Crippen molar-refractivity contribution in [1.82, 2.24) is 25.1 Å². The standard InChI is InChI=1S/C25H25N7O4/c1-34-16-6-4-14(5-7-16)25(33)30-18-9-8-17(21-22(18)36-13-35-21)20-19-23(26)28-12-29-24(19)32(31-20)15-3-2-10-27-11-15/h4-9,12,15,27H,2-3,10-11,13H2,1H3,(H,30,33)(H2,26,28,29)/t15-/m1/s1. The number of amides is 1. The number of rotatable bonds is 5. The number of carbonyl (C=O) groups excluding carboxylic acids is 1. The minimum Gasteiger partial charge on any atom is -0.497 e. The van der Waals surface area contributed by atoms with E-state index in [9.17, 15) is 4.79 Å². The van der Waals surface area contributed by atoms with Crippen LogP contribution < -0.4 is 30.6 Å². The minimum atomic E-state index is -0.278. The molecular weight excluding hydrogens is 462 g/mol. The Kier molecular flexibility index (Phi) is 5.53. The van der Waals surface area contributed by atoms with E-state index in [4.69, 9.17) is 25.0 Å². The second-order valence-corrected chi connectivity index (χ2v) is 8.66. The van der Waals surface area contributed by atoms with E-state index in [1.165, 1.54) is 6.33 Å². The van der Waals surface area contributed by atoms with Gasteiger partial charge in [-0.15, -0.1) is 0 Å². The summed E-state index contributed by atoms with van der Waals surface area (Å²) in [5.41, 5.74) is 9.28. The molecule has 0 spiro atoms. The summed E-state index contributed by atoms with van der Waals surface area (Å²) in [5, 5.41) is 11.9. The number of methoxy groups -OCH3 is 1. The number of ether oxygens (including phenoxy) is 3. The molecule has 1 saturated heterocycles. The number of fused-ring (bicyclic) bond motifs is 2. The van der Waals surface area contributed by atoms with Crippen LogP contribution in [0.2, 0.25) is 0 Å². The fraction of sp³-hybridized carbons (Fsp3) is 0.280. The fourth-order valence-electron chi connectivity index (χ4n) is 4.70. The lowest BCUT2D eigenvalue weighted by molar-refractivity contribution is 0.102. The van der Waals surface area contributed by atoms with Gasteiger partial charge in [-0.3, -0.25) is 4.79 Å². The summed E-state index contributed by atoms with van der Waals surface area (Å²) in [5.74, 6) is 1.66. The quantitative estimate of drug-likeness (QED) is 0.388. The van der Waals surface area contributed by atoms with Crippen LogP contribution in [-0.4, -0.2) is 52.6 Å². The number of nitrogen functional groups attached to an aromatic ring is 1. The third-order valence-electron chi connectivity index (χ3n) is 6.51. The Bertz CT molecular complexity index is 1450. The topological polar surface area (TPSA) is 138 Å². The number of carbonyl (C=O) groups is 1. The third kappa shape index (κ3) is 3.73. The van der Waals surface area contributed by atoms with Crippen molar-refractivity contribution in [1.29, 1.82) is 0 Å². The van der Waals surface area contributed by atoms with E-state index in [0.29, 0.717) is 56.6 Å². The van der Waals surface area contributed by atoms with Crippen molar-refractivity contribution >= 4 is 28.4 Å². The Balaban J connectivity index is 1.40. The number of hydrogen-bond acceptors (Lipinski definition) is 9. The van der Waals surface area contributed by atoms with Crippen LogP contribution in [0.25, 0.3) is 22.3 Å². The smallest absolute Gasteiger partial charge is 0.255 e. The molecule has 4 N–H and O–H groups in total. The molecule has 0 bridgehead atoms. The molecule has 0 radical (unpaired) electrons. The molecule has 4 aromatic rings. The number of nitrogens with two attached hydrogens (primary N) is 1. The van der Waals surface area contributed by atoms with Crippen LogP contribution in [0.5, 0.6) is 17.2 Å². The molecule has 2 aromatic carbocycles. The van der Waals surface area contributed by atoms with Gasteiger partial charge in [0.2, 0.25) is 6.79 Å². The molecule has 6 rings (SSSR count). The fourth-order valence-corrected chi connectivity index (χ4v) is 4.70. The predicted octanol–water partition coefficient (Wildman–Crippen LogP) is 2.99. The van der Waals surface area contributed by atoms with Gasteiger partial charge in [-0.1, -0.05) is 0 Å². The van der Waals surface area contributed by atoms with Gasteiger partial charge < -0.3 is 30.6 Å². The molecule has 2 aromatic heterocycles.